The zero-order valence-corrected chi connectivity index (χ0v) is 20.6. The molecule has 0 radical (unpaired) electrons. The van der Waals surface area contributed by atoms with Crippen LogP contribution in [-0.4, -0.2) is 45.8 Å². The minimum Gasteiger partial charge on any atom is -0.497 e. The summed E-state index contributed by atoms with van der Waals surface area (Å²) in [6.45, 7) is 5.29. The van der Waals surface area contributed by atoms with Crippen molar-refractivity contribution in [1.82, 2.24) is 10.6 Å². The van der Waals surface area contributed by atoms with Gasteiger partial charge in [0.05, 0.1) is 7.11 Å². The third-order valence-corrected chi connectivity index (χ3v) is 5.58. The number of aryl methyl sites for hydroxylation is 1. The number of hydrogen-bond acceptors (Lipinski definition) is 3. The molecular formula is C24H35IN4O. The molecule has 1 aliphatic rings. The fourth-order valence-electron chi connectivity index (χ4n) is 3.81. The van der Waals surface area contributed by atoms with Gasteiger partial charge in [-0.1, -0.05) is 36.4 Å². The highest BCUT2D eigenvalue weighted by molar-refractivity contribution is 14.0. The van der Waals surface area contributed by atoms with E-state index in [2.05, 4.69) is 76.0 Å². The van der Waals surface area contributed by atoms with Gasteiger partial charge in [-0.25, -0.2) is 0 Å². The highest BCUT2D eigenvalue weighted by atomic mass is 127. The Balaban J connectivity index is 0.00000320. The van der Waals surface area contributed by atoms with E-state index >= 15 is 0 Å². The third-order valence-electron chi connectivity index (χ3n) is 5.58. The van der Waals surface area contributed by atoms with Gasteiger partial charge in [-0.15, -0.1) is 24.0 Å². The summed E-state index contributed by atoms with van der Waals surface area (Å²) >= 11 is 0. The molecule has 0 aromatic heterocycles. The van der Waals surface area contributed by atoms with Gasteiger partial charge in [-0.05, 0) is 49.8 Å². The van der Waals surface area contributed by atoms with Gasteiger partial charge in [0.1, 0.15) is 5.75 Å². The largest absolute Gasteiger partial charge is 0.497 e. The molecule has 1 saturated heterocycles. The van der Waals surface area contributed by atoms with Crippen LogP contribution in [0.4, 0.5) is 5.69 Å². The number of aliphatic imine (C=N–C) groups is 1. The minimum atomic E-state index is 0. The van der Waals surface area contributed by atoms with Crippen LogP contribution in [0, 0.1) is 5.92 Å². The molecule has 0 aliphatic carbocycles. The molecule has 0 amide bonds. The Morgan fingerprint density at radius 2 is 2.00 bits per heavy atom. The van der Waals surface area contributed by atoms with Crippen molar-refractivity contribution >= 4 is 35.6 Å². The Kier molecular flexibility index (Phi) is 10.3. The van der Waals surface area contributed by atoms with Gasteiger partial charge in [0.2, 0.25) is 0 Å². The van der Waals surface area contributed by atoms with Gasteiger partial charge in [0.15, 0.2) is 5.96 Å². The van der Waals surface area contributed by atoms with Crippen LogP contribution in [0.1, 0.15) is 25.3 Å². The fourth-order valence-corrected chi connectivity index (χ4v) is 3.81. The van der Waals surface area contributed by atoms with Crippen LogP contribution in [0.2, 0.25) is 0 Å². The molecule has 1 heterocycles. The molecule has 2 N–H and O–H groups in total. The van der Waals surface area contributed by atoms with Crippen LogP contribution in [0.5, 0.6) is 5.75 Å². The lowest BCUT2D eigenvalue weighted by Crippen LogP contribution is -2.44. The van der Waals surface area contributed by atoms with Gasteiger partial charge in [-0.2, -0.15) is 0 Å². The maximum absolute atomic E-state index is 5.36. The van der Waals surface area contributed by atoms with Crippen LogP contribution in [0.15, 0.2) is 59.6 Å². The number of nitrogens with zero attached hydrogens (tertiary/aromatic N) is 2. The summed E-state index contributed by atoms with van der Waals surface area (Å²) in [5.74, 6) is 2.42. The van der Waals surface area contributed by atoms with E-state index in [1.54, 1.807) is 7.11 Å². The van der Waals surface area contributed by atoms with E-state index in [4.69, 9.17) is 4.74 Å². The molecule has 1 aliphatic heterocycles. The zero-order chi connectivity index (χ0) is 20.5. The molecule has 164 valence electrons. The second-order valence-corrected chi connectivity index (χ2v) is 7.82. The second kappa shape index (κ2) is 12.7. The first-order valence-corrected chi connectivity index (χ1v) is 10.6. The van der Waals surface area contributed by atoms with Gasteiger partial charge in [0, 0.05) is 44.5 Å². The van der Waals surface area contributed by atoms with E-state index in [1.165, 1.54) is 17.7 Å². The summed E-state index contributed by atoms with van der Waals surface area (Å²) in [5, 5.41) is 7.05. The summed E-state index contributed by atoms with van der Waals surface area (Å²) in [6, 6.07) is 19.3. The van der Waals surface area contributed by atoms with E-state index in [1.807, 2.05) is 13.1 Å². The summed E-state index contributed by atoms with van der Waals surface area (Å²) in [4.78, 5) is 6.85. The average molecular weight is 522 g/mol. The lowest BCUT2D eigenvalue weighted by atomic mass is 10.1. The van der Waals surface area contributed by atoms with Gasteiger partial charge >= 0.3 is 0 Å². The molecule has 2 aromatic rings. The highest BCUT2D eigenvalue weighted by Gasteiger charge is 2.23. The molecule has 30 heavy (non-hydrogen) atoms. The topological polar surface area (TPSA) is 48.9 Å². The molecule has 2 aromatic carbocycles. The first-order chi connectivity index (χ1) is 14.2. The number of guanidine groups is 1. The predicted molar refractivity (Wildman–Crippen MR) is 137 cm³/mol. The number of rotatable bonds is 8. The SMILES string of the molecule is CN=C(NCC1CCN(c2cccc(OC)c2)C1)NC(C)CCc1ccccc1.I. The first-order valence-electron chi connectivity index (χ1n) is 10.6. The smallest absolute Gasteiger partial charge is 0.191 e. The van der Waals surface area contributed by atoms with E-state index in [-0.39, 0.29) is 24.0 Å². The molecule has 5 nitrogen and oxygen atoms in total. The fraction of sp³-hybridized carbons (Fsp3) is 0.458. The number of halogens is 1. The number of methoxy groups -OCH3 is 1. The Labute approximate surface area is 198 Å². The molecule has 0 spiro atoms. The minimum absolute atomic E-state index is 0. The second-order valence-electron chi connectivity index (χ2n) is 7.82. The lowest BCUT2D eigenvalue weighted by molar-refractivity contribution is 0.415. The van der Waals surface area contributed by atoms with Crippen molar-refractivity contribution in [1.29, 1.82) is 0 Å². The number of anilines is 1. The number of ether oxygens (including phenoxy) is 1. The predicted octanol–water partition coefficient (Wildman–Crippen LogP) is 4.33. The Hall–Kier alpha value is -1.96. The van der Waals surface area contributed by atoms with Crippen molar-refractivity contribution in [2.75, 3.05) is 38.7 Å². The number of benzene rings is 2. The van der Waals surface area contributed by atoms with Crippen molar-refractivity contribution in [3.63, 3.8) is 0 Å². The first kappa shape index (κ1) is 24.3. The van der Waals surface area contributed by atoms with Crippen LogP contribution in [-0.2, 0) is 6.42 Å². The van der Waals surface area contributed by atoms with Crippen molar-refractivity contribution in [3.8, 4) is 5.75 Å². The maximum atomic E-state index is 5.36. The van der Waals surface area contributed by atoms with E-state index in [0.29, 0.717) is 12.0 Å². The summed E-state index contributed by atoms with van der Waals surface area (Å²) in [7, 11) is 3.56. The van der Waals surface area contributed by atoms with Crippen molar-refractivity contribution in [2.24, 2.45) is 10.9 Å². The summed E-state index contributed by atoms with van der Waals surface area (Å²) < 4.78 is 5.36. The molecule has 6 heteroatoms. The average Bonchev–Trinajstić information content (AvgIpc) is 3.25. The van der Waals surface area contributed by atoms with Crippen LogP contribution in [0.25, 0.3) is 0 Å². The number of nitrogens with one attached hydrogen (secondary N) is 2. The zero-order valence-electron chi connectivity index (χ0n) is 18.3. The van der Waals surface area contributed by atoms with E-state index in [0.717, 1.165) is 44.2 Å². The maximum Gasteiger partial charge on any atom is 0.191 e. The lowest BCUT2D eigenvalue weighted by Gasteiger charge is -2.21. The molecule has 2 unspecified atom stereocenters. The molecule has 2 atom stereocenters. The van der Waals surface area contributed by atoms with Crippen LogP contribution < -0.4 is 20.3 Å². The molecule has 3 rings (SSSR count). The van der Waals surface area contributed by atoms with Gasteiger partial charge in [0.25, 0.3) is 0 Å². The summed E-state index contributed by atoms with van der Waals surface area (Å²) in [5.41, 5.74) is 2.62. The Morgan fingerprint density at radius 1 is 1.20 bits per heavy atom. The summed E-state index contributed by atoms with van der Waals surface area (Å²) in [6.07, 6.45) is 3.34. The van der Waals surface area contributed by atoms with Crippen LogP contribution >= 0.6 is 24.0 Å². The van der Waals surface area contributed by atoms with Crippen molar-refractivity contribution in [3.05, 3.63) is 60.2 Å². The van der Waals surface area contributed by atoms with Gasteiger partial charge < -0.3 is 20.3 Å². The van der Waals surface area contributed by atoms with Crippen molar-refractivity contribution < 1.29 is 4.74 Å². The standard InChI is InChI=1S/C24H34N4O.HI/c1-19(12-13-20-8-5-4-6-9-20)27-24(25-2)26-17-21-14-15-28(18-21)22-10-7-11-23(16-22)29-3;/h4-11,16,19,21H,12-15,17-18H2,1-3H3,(H2,25,26,27);1H. The van der Waals surface area contributed by atoms with Gasteiger partial charge in [-0.3, -0.25) is 4.99 Å². The quantitative estimate of drug-likeness (QED) is 0.308. The third kappa shape index (κ3) is 7.38. The van der Waals surface area contributed by atoms with Crippen LogP contribution in [0.3, 0.4) is 0 Å². The van der Waals surface area contributed by atoms with E-state index in [9.17, 15) is 0 Å². The molecule has 0 bridgehead atoms. The molecule has 0 saturated carbocycles. The monoisotopic (exact) mass is 522 g/mol. The molecule has 1 fully saturated rings. The normalized spacial score (nSPS) is 17.2. The number of hydrogen-bond donors (Lipinski definition) is 2. The highest BCUT2D eigenvalue weighted by Crippen LogP contribution is 2.26. The van der Waals surface area contributed by atoms with E-state index < -0.39 is 0 Å². The van der Waals surface area contributed by atoms with Crippen molar-refractivity contribution in [2.45, 2.75) is 32.2 Å². The molecular weight excluding hydrogens is 487 g/mol. The Morgan fingerprint density at radius 3 is 2.73 bits per heavy atom. The Bertz CT molecular complexity index is 784.